The third kappa shape index (κ3) is 5.46. The number of hydrogen-bond donors (Lipinski definition) is 2. The van der Waals surface area contributed by atoms with Crippen LogP contribution in [0.5, 0.6) is 0 Å². The van der Waals surface area contributed by atoms with Gasteiger partial charge in [-0.3, -0.25) is 0 Å². The summed E-state index contributed by atoms with van der Waals surface area (Å²) in [6.45, 7) is -0.00951. The number of aliphatic hydroxyl groups is 1. The summed E-state index contributed by atoms with van der Waals surface area (Å²) in [7, 11) is -4.27. The molecule has 0 saturated heterocycles. The minimum Gasteiger partial charge on any atom is -0.396 e. The second kappa shape index (κ2) is 7.44. The summed E-state index contributed by atoms with van der Waals surface area (Å²) in [4.78, 5) is -0.846. The molecule has 0 aromatic heterocycles. The molecule has 1 aromatic rings. The largest absolute Gasteiger partial charge is 0.417 e. The third-order valence-corrected chi connectivity index (χ3v) is 4.42. The number of nitrogens with one attached hydrogen (secondary N) is 1. The lowest BCUT2D eigenvalue weighted by Crippen LogP contribution is -2.27. The first-order valence-electron chi connectivity index (χ1n) is 6.16. The van der Waals surface area contributed by atoms with Crippen molar-refractivity contribution in [2.24, 2.45) is 0 Å². The molecule has 21 heavy (non-hydrogen) atoms. The van der Waals surface area contributed by atoms with E-state index in [1.165, 1.54) is 0 Å². The van der Waals surface area contributed by atoms with E-state index in [9.17, 15) is 21.6 Å². The van der Waals surface area contributed by atoms with Crippen LogP contribution in [0.2, 0.25) is 5.02 Å². The van der Waals surface area contributed by atoms with Gasteiger partial charge in [0.05, 0.1) is 10.5 Å². The molecule has 0 amide bonds. The molecule has 0 fully saturated rings. The molecule has 120 valence electrons. The molecule has 0 aliphatic heterocycles. The molecule has 4 nitrogen and oxygen atoms in total. The second-order valence-electron chi connectivity index (χ2n) is 4.32. The Hall–Kier alpha value is -0.830. The highest BCUT2D eigenvalue weighted by molar-refractivity contribution is 7.89. The Labute approximate surface area is 126 Å². The quantitative estimate of drug-likeness (QED) is 0.747. The summed E-state index contributed by atoms with van der Waals surface area (Å²) in [5.74, 6) is 0. The van der Waals surface area contributed by atoms with Gasteiger partial charge in [-0.05, 0) is 37.5 Å². The fourth-order valence-corrected chi connectivity index (χ4v) is 3.11. The number of aliphatic hydroxyl groups excluding tert-OH is 1. The Balaban J connectivity index is 2.93. The normalized spacial score (nSPS) is 12.6. The van der Waals surface area contributed by atoms with E-state index in [4.69, 9.17) is 16.7 Å². The van der Waals surface area contributed by atoms with Crippen molar-refractivity contribution in [3.05, 3.63) is 28.8 Å². The number of rotatable bonds is 7. The molecule has 1 rings (SSSR count). The van der Waals surface area contributed by atoms with Crippen molar-refractivity contribution < 1.29 is 26.7 Å². The van der Waals surface area contributed by atoms with E-state index < -0.39 is 26.7 Å². The Morgan fingerprint density at radius 3 is 2.43 bits per heavy atom. The Morgan fingerprint density at radius 2 is 1.86 bits per heavy atom. The first-order chi connectivity index (χ1) is 9.68. The fraction of sp³-hybridized carbons (Fsp3) is 0.500. The number of alkyl halides is 3. The van der Waals surface area contributed by atoms with Crippen LogP contribution in [0.3, 0.4) is 0 Å². The predicted molar refractivity (Wildman–Crippen MR) is 72.6 cm³/mol. The van der Waals surface area contributed by atoms with Crippen LogP contribution in [0, 0.1) is 0 Å². The zero-order chi connectivity index (χ0) is 16.1. The average Bonchev–Trinajstić information content (AvgIpc) is 2.37. The minimum atomic E-state index is -4.81. The lowest BCUT2D eigenvalue weighted by atomic mass is 10.2. The predicted octanol–water partition coefficient (Wildman–Crippen LogP) is 2.80. The van der Waals surface area contributed by atoms with Crippen molar-refractivity contribution in [2.75, 3.05) is 13.2 Å². The summed E-state index contributed by atoms with van der Waals surface area (Å²) < 4.78 is 64.6. The molecule has 2 N–H and O–H groups in total. The number of benzene rings is 1. The van der Waals surface area contributed by atoms with Gasteiger partial charge in [0, 0.05) is 18.2 Å². The first kappa shape index (κ1) is 18.2. The molecule has 0 radical (unpaired) electrons. The maximum Gasteiger partial charge on any atom is 0.417 e. The third-order valence-electron chi connectivity index (χ3n) is 2.66. The van der Waals surface area contributed by atoms with Crippen molar-refractivity contribution in [3.63, 3.8) is 0 Å². The molecule has 9 heteroatoms. The van der Waals surface area contributed by atoms with Gasteiger partial charge in [-0.2, -0.15) is 13.2 Å². The maximum absolute atomic E-state index is 12.9. The van der Waals surface area contributed by atoms with Crippen molar-refractivity contribution >= 4 is 21.6 Å². The van der Waals surface area contributed by atoms with Gasteiger partial charge in [-0.1, -0.05) is 11.6 Å². The molecule has 0 saturated carbocycles. The van der Waals surface area contributed by atoms with Crippen molar-refractivity contribution in [1.29, 1.82) is 0 Å². The van der Waals surface area contributed by atoms with Crippen LogP contribution in [-0.4, -0.2) is 26.7 Å². The zero-order valence-corrected chi connectivity index (χ0v) is 12.5. The van der Waals surface area contributed by atoms with Gasteiger partial charge >= 0.3 is 6.18 Å². The van der Waals surface area contributed by atoms with Gasteiger partial charge in [0.2, 0.25) is 10.0 Å². The SMILES string of the molecule is O=S(=O)(NCCCCCO)c1ccc(Cl)cc1C(F)(F)F. The number of hydrogen-bond acceptors (Lipinski definition) is 3. The van der Waals surface area contributed by atoms with E-state index >= 15 is 0 Å². The van der Waals surface area contributed by atoms with Crippen LogP contribution in [0.15, 0.2) is 23.1 Å². The van der Waals surface area contributed by atoms with Gasteiger partial charge in [0.25, 0.3) is 0 Å². The molecular weight excluding hydrogens is 331 g/mol. The topological polar surface area (TPSA) is 66.4 Å². The van der Waals surface area contributed by atoms with E-state index in [-0.39, 0.29) is 18.2 Å². The average molecular weight is 346 g/mol. The van der Waals surface area contributed by atoms with Crippen LogP contribution in [0.4, 0.5) is 13.2 Å². The van der Waals surface area contributed by atoms with E-state index in [0.29, 0.717) is 25.3 Å². The van der Waals surface area contributed by atoms with Crippen molar-refractivity contribution in [2.45, 2.75) is 30.3 Å². The Morgan fingerprint density at radius 1 is 1.19 bits per heavy atom. The first-order valence-corrected chi connectivity index (χ1v) is 8.02. The second-order valence-corrected chi connectivity index (χ2v) is 6.49. The molecule has 0 unspecified atom stereocenters. The van der Waals surface area contributed by atoms with E-state index in [2.05, 4.69) is 4.72 Å². The number of halogens is 4. The zero-order valence-electron chi connectivity index (χ0n) is 11.0. The summed E-state index contributed by atoms with van der Waals surface area (Å²) in [6, 6.07) is 2.51. The summed E-state index contributed by atoms with van der Waals surface area (Å²) in [5.41, 5.74) is -1.29. The van der Waals surface area contributed by atoms with Gasteiger partial charge < -0.3 is 5.11 Å². The molecule has 0 atom stereocenters. The molecule has 0 bridgehead atoms. The monoisotopic (exact) mass is 345 g/mol. The summed E-state index contributed by atoms with van der Waals surface area (Å²) >= 11 is 5.50. The molecule has 0 spiro atoms. The highest BCUT2D eigenvalue weighted by atomic mass is 35.5. The molecule has 1 aromatic carbocycles. The van der Waals surface area contributed by atoms with E-state index in [0.717, 1.165) is 12.1 Å². The number of sulfonamides is 1. The van der Waals surface area contributed by atoms with E-state index in [1.54, 1.807) is 0 Å². The molecule has 0 aliphatic carbocycles. The Kier molecular flexibility index (Phi) is 6.45. The minimum absolute atomic E-state index is 0.00224. The number of unbranched alkanes of at least 4 members (excludes halogenated alkanes) is 2. The van der Waals surface area contributed by atoms with Crippen LogP contribution in [0.25, 0.3) is 0 Å². The molecule has 0 heterocycles. The van der Waals surface area contributed by atoms with Crippen LogP contribution in [0.1, 0.15) is 24.8 Å². The van der Waals surface area contributed by atoms with Crippen LogP contribution in [-0.2, 0) is 16.2 Å². The maximum atomic E-state index is 12.9. The van der Waals surface area contributed by atoms with Gasteiger partial charge in [-0.15, -0.1) is 0 Å². The van der Waals surface area contributed by atoms with Crippen molar-refractivity contribution in [1.82, 2.24) is 4.72 Å². The molecular formula is C12H15ClF3NO3S. The Bertz CT molecular complexity index is 576. The highest BCUT2D eigenvalue weighted by Gasteiger charge is 2.37. The van der Waals surface area contributed by atoms with Crippen LogP contribution >= 0.6 is 11.6 Å². The van der Waals surface area contributed by atoms with Gasteiger partial charge in [-0.25, -0.2) is 13.1 Å². The summed E-state index contributed by atoms with van der Waals surface area (Å²) in [6.07, 6.45) is -3.30. The van der Waals surface area contributed by atoms with E-state index in [1.807, 2.05) is 0 Å². The lowest BCUT2D eigenvalue weighted by Gasteiger charge is -2.14. The standard InChI is InChI=1S/C12H15ClF3NO3S/c13-9-4-5-11(10(8-9)12(14,15)16)21(19,20)17-6-2-1-3-7-18/h4-5,8,17-18H,1-3,6-7H2. The van der Waals surface area contributed by atoms with Gasteiger partial charge in [0.15, 0.2) is 0 Å². The summed E-state index contributed by atoms with van der Waals surface area (Å²) in [5, 5.41) is 8.39. The van der Waals surface area contributed by atoms with Crippen molar-refractivity contribution in [3.8, 4) is 0 Å². The molecule has 0 aliphatic rings. The van der Waals surface area contributed by atoms with Crippen LogP contribution < -0.4 is 4.72 Å². The van der Waals surface area contributed by atoms with Gasteiger partial charge in [0.1, 0.15) is 0 Å². The lowest BCUT2D eigenvalue weighted by molar-refractivity contribution is -0.139. The highest BCUT2D eigenvalue weighted by Crippen LogP contribution is 2.35. The smallest absolute Gasteiger partial charge is 0.396 e. The fourth-order valence-electron chi connectivity index (χ4n) is 1.66.